The van der Waals surface area contributed by atoms with Gasteiger partial charge in [0.1, 0.15) is 5.75 Å². The third kappa shape index (κ3) is 5.84. The molecule has 29 heavy (non-hydrogen) atoms. The molecule has 0 unspecified atom stereocenters. The summed E-state index contributed by atoms with van der Waals surface area (Å²) >= 11 is 1.20. The van der Waals surface area contributed by atoms with Gasteiger partial charge >= 0.3 is 0 Å². The van der Waals surface area contributed by atoms with Crippen LogP contribution in [-0.4, -0.2) is 28.5 Å². The molecule has 152 valence electrons. The second-order valence-electron chi connectivity index (χ2n) is 7.49. The van der Waals surface area contributed by atoms with Gasteiger partial charge in [0.05, 0.1) is 12.4 Å². The van der Waals surface area contributed by atoms with Crippen LogP contribution in [0.3, 0.4) is 0 Å². The lowest BCUT2D eigenvalue weighted by Gasteiger charge is -2.19. The van der Waals surface area contributed by atoms with Crippen LogP contribution in [0.25, 0.3) is 11.5 Å². The van der Waals surface area contributed by atoms with E-state index in [4.69, 9.17) is 9.15 Å². The molecule has 0 radical (unpaired) electrons. The molecule has 7 heteroatoms. The number of hydrogen-bond acceptors (Lipinski definition) is 6. The lowest BCUT2D eigenvalue weighted by molar-refractivity contribution is -0.113. The first-order valence-electron chi connectivity index (χ1n) is 9.45. The maximum atomic E-state index is 12.2. The fraction of sp³-hybridized carbons (Fsp3) is 0.318. The van der Waals surface area contributed by atoms with Gasteiger partial charge in [-0.05, 0) is 54.3 Å². The zero-order chi connectivity index (χ0) is 20.9. The Labute approximate surface area is 175 Å². The van der Waals surface area contributed by atoms with Gasteiger partial charge in [-0.3, -0.25) is 4.79 Å². The van der Waals surface area contributed by atoms with E-state index >= 15 is 0 Å². The first kappa shape index (κ1) is 20.9. The highest BCUT2D eigenvalue weighted by Crippen LogP contribution is 2.26. The van der Waals surface area contributed by atoms with E-state index in [9.17, 15) is 4.79 Å². The predicted molar refractivity (Wildman–Crippen MR) is 115 cm³/mol. The van der Waals surface area contributed by atoms with Crippen LogP contribution in [0, 0.1) is 0 Å². The van der Waals surface area contributed by atoms with E-state index in [1.165, 1.54) is 17.3 Å². The van der Waals surface area contributed by atoms with E-state index in [1.54, 1.807) is 0 Å². The molecule has 0 aliphatic heterocycles. The van der Waals surface area contributed by atoms with Gasteiger partial charge in [0.15, 0.2) is 0 Å². The summed E-state index contributed by atoms with van der Waals surface area (Å²) in [6.07, 6.45) is 0. The Kier molecular flexibility index (Phi) is 6.59. The Balaban J connectivity index is 1.53. The van der Waals surface area contributed by atoms with Gasteiger partial charge in [-0.25, -0.2) is 0 Å². The maximum Gasteiger partial charge on any atom is 0.277 e. The van der Waals surface area contributed by atoms with Crippen molar-refractivity contribution in [1.82, 2.24) is 10.2 Å². The van der Waals surface area contributed by atoms with Crippen LogP contribution in [0.1, 0.15) is 33.3 Å². The van der Waals surface area contributed by atoms with Crippen LogP contribution in [0.5, 0.6) is 5.75 Å². The van der Waals surface area contributed by atoms with Gasteiger partial charge in [0.2, 0.25) is 11.8 Å². The molecule has 0 saturated carbocycles. The molecule has 0 atom stereocenters. The van der Waals surface area contributed by atoms with Crippen LogP contribution in [0.15, 0.2) is 58.2 Å². The number of hydrogen-bond donors (Lipinski definition) is 1. The van der Waals surface area contributed by atoms with Crippen LogP contribution in [0.2, 0.25) is 0 Å². The van der Waals surface area contributed by atoms with Crippen LogP contribution >= 0.6 is 11.8 Å². The minimum absolute atomic E-state index is 0.0808. The first-order chi connectivity index (χ1) is 13.8. The number of thioether (sulfide) groups is 1. The number of benzene rings is 2. The number of nitrogens with one attached hydrogen (secondary N) is 1. The quantitative estimate of drug-likeness (QED) is 0.541. The third-order valence-corrected chi connectivity index (χ3v) is 5.00. The Morgan fingerprint density at radius 1 is 1.07 bits per heavy atom. The summed E-state index contributed by atoms with van der Waals surface area (Å²) in [5.41, 5.74) is 2.87. The van der Waals surface area contributed by atoms with Crippen molar-refractivity contribution in [2.24, 2.45) is 0 Å². The summed E-state index contributed by atoms with van der Waals surface area (Å²) in [5.74, 6) is 1.26. The molecule has 0 spiro atoms. The van der Waals surface area contributed by atoms with Crippen LogP contribution in [0.4, 0.5) is 5.69 Å². The van der Waals surface area contributed by atoms with E-state index in [1.807, 2.05) is 55.5 Å². The Hall–Kier alpha value is -2.80. The minimum Gasteiger partial charge on any atom is -0.494 e. The zero-order valence-corrected chi connectivity index (χ0v) is 17.9. The molecule has 2 aromatic carbocycles. The smallest absolute Gasteiger partial charge is 0.277 e. The fourth-order valence-corrected chi connectivity index (χ4v) is 3.19. The molecule has 0 fully saturated rings. The molecule has 1 N–H and O–H groups in total. The summed E-state index contributed by atoms with van der Waals surface area (Å²) in [5, 5.41) is 11.3. The number of nitrogens with zero attached hydrogens (tertiary/aromatic N) is 2. The number of amides is 1. The highest BCUT2D eigenvalue weighted by atomic mass is 32.2. The van der Waals surface area contributed by atoms with Crippen molar-refractivity contribution in [3.8, 4) is 17.2 Å². The molecule has 0 bridgehead atoms. The van der Waals surface area contributed by atoms with Crippen molar-refractivity contribution >= 4 is 23.4 Å². The monoisotopic (exact) mass is 411 g/mol. The number of carbonyl (C=O) groups excluding carboxylic acids is 1. The van der Waals surface area contributed by atoms with Crippen molar-refractivity contribution in [1.29, 1.82) is 0 Å². The number of anilines is 1. The Morgan fingerprint density at radius 3 is 2.38 bits per heavy atom. The average Bonchev–Trinajstić information content (AvgIpc) is 3.16. The Morgan fingerprint density at radius 2 is 1.76 bits per heavy atom. The normalized spacial score (nSPS) is 11.3. The highest BCUT2D eigenvalue weighted by Gasteiger charge is 2.14. The highest BCUT2D eigenvalue weighted by molar-refractivity contribution is 7.99. The molecule has 0 aliphatic carbocycles. The van der Waals surface area contributed by atoms with E-state index in [0.29, 0.717) is 17.7 Å². The summed E-state index contributed by atoms with van der Waals surface area (Å²) in [7, 11) is 0. The number of rotatable bonds is 7. The Bertz CT molecular complexity index is 945. The van der Waals surface area contributed by atoms with Crippen LogP contribution in [-0.2, 0) is 10.2 Å². The molecule has 0 aliphatic rings. The van der Waals surface area contributed by atoms with E-state index in [-0.39, 0.29) is 17.1 Å². The summed E-state index contributed by atoms with van der Waals surface area (Å²) < 4.78 is 11.1. The maximum absolute atomic E-state index is 12.2. The predicted octanol–water partition coefficient (Wildman–Crippen LogP) is 5.16. The van der Waals surface area contributed by atoms with Gasteiger partial charge in [-0.15, -0.1) is 10.2 Å². The molecule has 0 saturated heterocycles. The zero-order valence-electron chi connectivity index (χ0n) is 17.1. The molecule has 1 heterocycles. The van der Waals surface area contributed by atoms with Gasteiger partial charge in [0, 0.05) is 11.3 Å². The summed E-state index contributed by atoms with van der Waals surface area (Å²) in [6.45, 7) is 9.02. The van der Waals surface area contributed by atoms with Gasteiger partial charge in [-0.2, -0.15) is 0 Å². The molecule has 1 amide bonds. The largest absolute Gasteiger partial charge is 0.494 e. The van der Waals surface area contributed by atoms with Gasteiger partial charge < -0.3 is 14.5 Å². The average molecular weight is 412 g/mol. The number of aromatic nitrogens is 2. The second-order valence-corrected chi connectivity index (χ2v) is 8.42. The topological polar surface area (TPSA) is 77.2 Å². The molecular weight excluding hydrogens is 386 g/mol. The fourth-order valence-electron chi connectivity index (χ4n) is 2.62. The van der Waals surface area contributed by atoms with Crippen molar-refractivity contribution in [2.75, 3.05) is 17.7 Å². The second kappa shape index (κ2) is 9.13. The van der Waals surface area contributed by atoms with Crippen LogP contribution < -0.4 is 10.1 Å². The van der Waals surface area contributed by atoms with Crippen molar-refractivity contribution < 1.29 is 13.9 Å². The van der Waals surface area contributed by atoms with E-state index in [2.05, 4.69) is 36.3 Å². The lowest BCUT2D eigenvalue weighted by atomic mass is 9.87. The van der Waals surface area contributed by atoms with Crippen molar-refractivity contribution in [3.63, 3.8) is 0 Å². The van der Waals surface area contributed by atoms with E-state index in [0.717, 1.165) is 17.0 Å². The van der Waals surface area contributed by atoms with Gasteiger partial charge in [-0.1, -0.05) is 44.7 Å². The summed E-state index contributed by atoms with van der Waals surface area (Å²) in [4.78, 5) is 12.2. The molecule has 6 nitrogen and oxygen atoms in total. The number of carbonyl (C=O) groups is 1. The van der Waals surface area contributed by atoms with Crippen molar-refractivity contribution in [2.45, 2.75) is 38.3 Å². The summed E-state index contributed by atoms with van der Waals surface area (Å²) in [6, 6.07) is 15.3. The number of ether oxygens (including phenoxy) is 1. The molecule has 1 aromatic heterocycles. The molecule has 3 rings (SSSR count). The first-order valence-corrected chi connectivity index (χ1v) is 10.4. The van der Waals surface area contributed by atoms with Gasteiger partial charge in [0.25, 0.3) is 5.22 Å². The minimum atomic E-state index is -0.126. The van der Waals surface area contributed by atoms with Crippen molar-refractivity contribution in [3.05, 3.63) is 54.1 Å². The standard InChI is InChI=1S/C22H25N3O3S/c1-5-27-18-12-6-15(7-13-18)20-24-25-21(28-20)29-14-19(26)23-17-10-8-16(9-11-17)22(2,3)4/h6-13H,5,14H2,1-4H3,(H,23,26). The lowest BCUT2D eigenvalue weighted by Crippen LogP contribution is -2.15. The van der Waals surface area contributed by atoms with E-state index < -0.39 is 0 Å². The SMILES string of the molecule is CCOc1ccc(-c2nnc(SCC(=O)Nc3ccc(C(C)(C)C)cc3)o2)cc1. The molecular formula is C22H25N3O3S. The molecule has 3 aromatic rings. The third-order valence-electron chi connectivity index (χ3n) is 4.18.